The number of allylic oxidation sites excluding steroid dienone is 1. The van der Waals surface area contributed by atoms with Crippen LogP contribution in [0.15, 0.2) is 66.7 Å². The summed E-state index contributed by atoms with van der Waals surface area (Å²) in [6.07, 6.45) is 2.04. The van der Waals surface area contributed by atoms with Crippen LogP contribution in [0.3, 0.4) is 0 Å². The number of Topliss-reactive ketones (excluding diaryl/α,β-unsaturated/α-hetero) is 2. The first kappa shape index (κ1) is 24.0. The lowest BCUT2D eigenvalue weighted by Crippen LogP contribution is -2.51. The van der Waals surface area contributed by atoms with Crippen molar-refractivity contribution in [3.63, 3.8) is 0 Å². The number of nitrogens with zero attached hydrogens (tertiary/aromatic N) is 1. The van der Waals surface area contributed by atoms with Gasteiger partial charge in [-0.2, -0.15) is 0 Å². The molecule has 0 bridgehead atoms. The molecular formula is C30H24Cl2N2O3. The smallest absolute Gasteiger partial charge is 0.238 e. The van der Waals surface area contributed by atoms with Crippen molar-refractivity contribution >= 4 is 57.6 Å². The summed E-state index contributed by atoms with van der Waals surface area (Å²) in [5, 5.41) is 3.61. The number of ketones is 2. The molecule has 3 aromatic carbocycles. The number of benzene rings is 3. The molecule has 7 heteroatoms. The lowest BCUT2D eigenvalue weighted by atomic mass is 9.64. The molecule has 0 radical (unpaired) electrons. The highest BCUT2D eigenvalue weighted by Crippen LogP contribution is 2.58. The molecule has 1 spiro atoms. The number of anilines is 2. The van der Waals surface area contributed by atoms with E-state index in [0.29, 0.717) is 16.3 Å². The molecular weight excluding hydrogens is 507 g/mol. The normalized spacial score (nSPS) is 25.3. The first-order valence-corrected chi connectivity index (χ1v) is 12.9. The monoisotopic (exact) mass is 530 g/mol. The number of aryl methyl sites for hydroxylation is 1. The fourth-order valence-corrected chi connectivity index (χ4v) is 7.06. The number of rotatable bonds is 3. The Kier molecular flexibility index (Phi) is 5.38. The molecule has 1 N–H and O–H groups in total. The van der Waals surface area contributed by atoms with Crippen molar-refractivity contribution < 1.29 is 14.4 Å². The van der Waals surface area contributed by atoms with Gasteiger partial charge < -0.3 is 10.2 Å². The Balaban J connectivity index is 1.69. The predicted octanol–water partition coefficient (Wildman–Crippen LogP) is 6.25. The van der Waals surface area contributed by atoms with E-state index in [1.54, 1.807) is 12.1 Å². The van der Waals surface area contributed by atoms with E-state index in [2.05, 4.69) is 11.4 Å². The lowest BCUT2D eigenvalue weighted by molar-refractivity contribution is -0.122. The molecule has 1 amide bonds. The van der Waals surface area contributed by atoms with Gasteiger partial charge >= 0.3 is 0 Å². The van der Waals surface area contributed by atoms with Gasteiger partial charge in [0, 0.05) is 27.5 Å². The quantitative estimate of drug-likeness (QED) is 0.406. The average Bonchev–Trinajstić information content (AvgIpc) is 3.32. The van der Waals surface area contributed by atoms with Crippen LogP contribution in [0.5, 0.6) is 0 Å². The van der Waals surface area contributed by atoms with Gasteiger partial charge in [0.25, 0.3) is 0 Å². The number of halogens is 2. The van der Waals surface area contributed by atoms with Gasteiger partial charge in [0.15, 0.2) is 11.6 Å². The van der Waals surface area contributed by atoms with Gasteiger partial charge in [-0.25, -0.2) is 0 Å². The summed E-state index contributed by atoms with van der Waals surface area (Å²) in [5.41, 5.74) is 4.17. The minimum atomic E-state index is -1.34. The van der Waals surface area contributed by atoms with Gasteiger partial charge in [-0.15, -0.1) is 0 Å². The van der Waals surface area contributed by atoms with E-state index in [0.717, 1.165) is 22.4 Å². The van der Waals surface area contributed by atoms with Crippen molar-refractivity contribution in [3.8, 4) is 0 Å². The second-order valence-electron chi connectivity index (χ2n) is 10.1. The number of hydrogen-bond acceptors (Lipinski definition) is 4. The van der Waals surface area contributed by atoms with E-state index < -0.39 is 23.4 Å². The zero-order chi connectivity index (χ0) is 26.2. The molecule has 1 fully saturated rings. The van der Waals surface area contributed by atoms with E-state index in [9.17, 15) is 14.4 Å². The van der Waals surface area contributed by atoms with Crippen molar-refractivity contribution in [2.24, 2.45) is 5.92 Å². The predicted molar refractivity (Wildman–Crippen MR) is 147 cm³/mol. The van der Waals surface area contributed by atoms with E-state index >= 15 is 0 Å². The molecule has 6 rings (SSSR count). The lowest BCUT2D eigenvalue weighted by Gasteiger charge is -2.39. The molecule has 186 valence electrons. The summed E-state index contributed by atoms with van der Waals surface area (Å²) >= 11 is 12.6. The Morgan fingerprint density at radius 2 is 1.76 bits per heavy atom. The van der Waals surface area contributed by atoms with E-state index in [1.165, 1.54) is 13.0 Å². The Hall–Kier alpha value is -3.41. The Labute approximate surface area is 225 Å². The maximum absolute atomic E-state index is 14.5. The molecule has 0 aliphatic carbocycles. The third-order valence-corrected chi connectivity index (χ3v) is 8.58. The fourth-order valence-electron chi connectivity index (χ4n) is 6.56. The molecule has 3 heterocycles. The minimum absolute atomic E-state index is 0.189. The van der Waals surface area contributed by atoms with Crippen LogP contribution in [0.1, 0.15) is 40.9 Å². The average molecular weight is 531 g/mol. The number of amides is 1. The van der Waals surface area contributed by atoms with E-state index in [1.807, 2.05) is 61.2 Å². The van der Waals surface area contributed by atoms with Crippen molar-refractivity contribution in [2.45, 2.75) is 38.3 Å². The molecule has 37 heavy (non-hydrogen) atoms. The second kappa shape index (κ2) is 8.30. The van der Waals surface area contributed by atoms with Crippen molar-refractivity contribution in [2.75, 3.05) is 10.2 Å². The third-order valence-electron chi connectivity index (χ3n) is 8.03. The number of carbonyl (C=O) groups excluding carboxylic acids is 3. The first-order valence-electron chi connectivity index (χ1n) is 12.1. The Morgan fingerprint density at radius 3 is 2.49 bits per heavy atom. The van der Waals surface area contributed by atoms with E-state index in [4.69, 9.17) is 23.2 Å². The molecule has 5 nitrogen and oxygen atoms in total. The highest BCUT2D eigenvalue weighted by atomic mass is 35.5. The van der Waals surface area contributed by atoms with Crippen LogP contribution < -0.4 is 10.2 Å². The molecule has 0 unspecified atom stereocenters. The first-order chi connectivity index (χ1) is 17.7. The number of para-hydroxylation sites is 1. The maximum atomic E-state index is 14.5. The standard InChI is InChI=1S/C30H24Cl2N2O3/c1-15-8-11-24-20(12-15)16(2)13-25-30(21-6-4-5-7-23(21)33-29(30)37)26(27(17(3)35)34(24)25)28(36)19-10-9-18(31)14-22(19)32/h4-14,25-27H,1-3H3,(H,33,37)/t25-,26+,27+,30+/m0/s1. The number of fused-ring (bicyclic) bond motifs is 6. The zero-order valence-electron chi connectivity index (χ0n) is 20.5. The van der Waals surface area contributed by atoms with Crippen molar-refractivity contribution in [1.82, 2.24) is 0 Å². The van der Waals surface area contributed by atoms with Crippen LogP contribution in [0.2, 0.25) is 10.0 Å². The minimum Gasteiger partial charge on any atom is -0.352 e. The number of carbonyl (C=O) groups is 3. The molecule has 3 aliphatic rings. The van der Waals surface area contributed by atoms with Crippen LogP contribution >= 0.6 is 23.2 Å². The summed E-state index contributed by atoms with van der Waals surface area (Å²) in [4.78, 5) is 44.1. The maximum Gasteiger partial charge on any atom is 0.238 e. The largest absolute Gasteiger partial charge is 0.352 e. The SMILES string of the molecule is CC(=O)[C@@H]1[C@H](C(=O)c2ccc(Cl)cc2Cl)[C@]2(C(=O)Nc3ccccc32)[C@@H]2C=C(C)c3cc(C)ccc3N12. The van der Waals surface area contributed by atoms with Crippen LogP contribution in [0.4, 0.5) is 11.4 Å². The van der Waals surface area contributed by atoms with Gasteiger partial charge in [0.2, 0.25) is 5.91 Å². The highest BCUT2D eigenvalue weighted by Gasteiger charge is 2.70. The van der Waals surface area contributed by atoms with Crippen LogP contribution in [0, 0.1) is 12.8 Å². The molecule has 1 saturated heterocycles. The van der Waals surface area contributed by atoms with Gasteiger partial charge in [-0.05, 0) is 68.3 Å². The fraction of sp³-hybridized carbons (Fsp3) is 0.233. The summed E-state index contributed by atoms with van der Waals surface area (Å²) < 4.78 is 0. The summed E-state index contributed by atoms with van der Waals surface area (Å²) in [6, 6.07) is 16.7. The number of hydrogen-bond donors (Lipinski definition) is 1. The van der Waals surface area contributed by atoms with E-state index in [-0.39, 0.29) is 28.1 Å². The number of nitrogens with one attached hydrogen (secondary N) is 1. The molecule has 0 aromatic heterocycles. The summed E-state index contributed by atoms with van der Waals surface area (Å²) in [5.74, 6) is -1.87. The van der Waals surface area contributed by atoms with Gasteiger partial charge in [0.05, 0.1) is 23.0 Å². The van der Waals surface area contributed by atoms with Crippen LogP contribution in [0.25, 0.3) is 5.57 Å². The third kappa shape index (κ3) is 3.20. The van der Waals surface area contributed by atoms with Gasteiger partial charge in [-0.3, -0.25) is 14.4 Å². The molecule has 4 atom stereocenters. The Bertz CT molecular complexity index is 1560. The zero-order valence-corrected chi connectivity index (χ0v) is 22.0. The molecule has 0 saturated carbocycles. The Morgan fingerprint density at radius 1 is 1.00 bits per heavy atom. The van der Waals surface area contributed by atoms with Crippen LogP contribution in [-0.2, 0) is 15.0 Å². The summed E-state index contributed by atoms with van der Waals surface area (Å²) in [6.45, 7) is 5.52. The van der Waals surface area contributed by atoms with Gasteiger partial charge in [0.1, 0.15) is 5.41 Å². The summed E-state index contributed by atoms with van der Waals surface area (Å²) in [7, 11) is 0. The topological polar surface area (TPSA) is 66.5 Å². The van der Waals surface area contributed by atoms with Gasteiger partial charge in [-0.1, -0.05) is 59.1 Å². The molecule has 3 aromatic rings. The highest BCUT2D eigenvalue weighted by molar-refractivity contribution is 6.37. The molecule has 3 aliphatic heterocycles. The van der Waals surface area contributed by atoms with Crippen LogP contribution in [-0.4, -0.2) is 29.6 Å². The van der Waals surface area contributed by atoms with Crippen molar-refractivity contribution in [3.05, 3.63) is 99.0 Å². The second-order valence-corrected chi connectivity index (χ2v) is 11.0. The van der Waals surface area contributed by atoms with Crippen molar-refractivity contribution in [1.29, 1.82) is 0 Å².